The summed E-state index contributed by atoms with van der Waals surface area (Å²) in [5.74, 6) is 2.22. The number of ether oxygens (including phenoxy) is 1. The van der Waals surface area contributed by atoms with Gasteiger partial charge in [-0.1, -0.05) is 6.92 Å². The molecule has 0 spiro atoms. The number of likely N-dealkylation sites (tertiary alicyclic amines) is 1. The maximum Gasteiger partial charge on any atom is 0.325 e. The minimum Gasteiger partial charge on any atom is -0.454 e. The first-order valence-corrected chi connectivity index (χ1v) is 11.1. The standard InChI is InChI=1S/C22H34N2O4/c1-15-3-2-4-24(13-15)20(26)14-28-21(27)12-23-19(25)11-22-8-16-5-17(9-22)7-18(6-16)10-22/h15-18H,2-14H2,1H3,(H,23,25)/t15-,16?,17?,18?,22?/m0/s1. The molecule has 0 aromatic rings. The van der Waals surface area contributed by atoms with E-state index in [4.69, 9.17) is 4.74 Å². The van der Waals surface area contributed by atoms with Gasteiger partial charge in [0.05, 0.1) is 0 Å². The Balaban J connectivity index is 1.17. The second-order valence-electron chi connectivity index (χ2n) is 10.1. The van der Waals surface area contributed by atoms with Crippen molar-refractivity contribution >= 4 is 17.8 Å². The minimum atomic E-state index is -0.530. The third-order valence-corrected chi connectivity index (χ3v) is 7.50. The molecule has 0 radical (unpaired) electrons. The molecular formula is C22H34N2O4. The molecule has 5 aliphatic rings. The van der Waals surface area contributed by atoms with Gasteiger partial charge in [-0.25, -0.2) is 0 Å². The van der Waals surface area contributed by atoms with Crippen LogP contribution in [0.15, 0.2) is 0 Å². The summed E-state index contributed by atoms with van der Waals surface area (Å²) in [4.78, 5) is 38.3. The third kappa shape index (κ3) is 4.52. The van der Waals surface area contributed by atoms with Gasteiger partial charge < -0.3 is 15.0 Å². The average molecular weight is 391 g/mol. The Hall–Kier alpha value is -1.59. The number of esters is 1. The smallest absolute Gasteiger partial charge is 0.325 e. The average Bonchev–Trinajstić information content (AvgIpc) is 2.63. The summed E-state index contributed by atoms with van der Waals surface area (Å²) >= 11 is 0. The molecule has 4 bridgehead atoms. The molecule has 1 saturated heterocycles. The molecule has 1 aliphatic heterocycles. The summed E-state index contributed by atoms with van der Waals surface area (Å²) in [5, 5.41) is 2.73. The second-order valence-corrected chi connectivity index (χ2v) is 10.1. The summed E-state index contributed by atoms with van der Waals surface area (Å²) in [5.41, 5.74) is 0.170. The van der Waals surface area contributed by atoms with E-state index < -0.39 is 5.97 Å². The number of amides is 2. The molecule has 28 heavy (non-hydrogen) atoms. The lowest BCUT2D eigenvalue weighted by atomic mass is 9.49. The van der Waals surface area contributed by atoms with Crippen molar-refractivity contribution in [1.29, 1.82) is 0 Å². The van der Waals surface area contributed by atoms with Gasteiger partial charge in [0.1, 0.15) is 6.54 Å². The highest BCUT2D eigenvalue weighted by Crippen LogP contribution is 2.61. The van der Waals surface area contributed by atoms with Crippen LogP contribution < -0.4 is 5.32 Å². The van der Waals surface area contributed by atoms with E-state index in [0.717, 1.165) is 43.7 Å². The highest BCUT2D eigenvalue weighted by atomic mass is 16.5. The molecule has 5 fully saturated rings. The van der Waals surface area contributed by atoms with E-state index >= 15 is 0 Å². The van der Waals surface area contributed by atoms with Crippen LogP contribution in [-0.2, 0) is 19.1 Å². The quantitative estimate of drug-likeness (QED) is 0.707. The van der Waals surface area contributed by atoms with Crippen LogP contribution in [0.4, 0.5) is 0 Å². The molecule has 4 aliphatic carbocycles. The summed E-state index contributed by atoms with van der Waals surface area (Å²) in [6.07, 6.45) is 10.3. The topological polar surface area (TPSA) is 75.7 Å². The van der Waals surface area contributed by atoms with Gasteiger partial charge in [0.25, 0.3) is 5.91 Å². The van der Waals surface area contributed by atoms with Gasteiger partial charge >= 0.3 is 5.97 Å². The van der Waals surface area contributed by atoms with Crippen LogP contribution in [0.25, 0.3) is 0 Å². The first kappa shape index (κ1) is 19.7. The second kappa shape index (κ2) is 8.03. The predicted molar refractivity (Wildman–Crippen MR) is 104 cm³/mol. The summed E-state index contributed by atoms with van der Waals surface area (Å²) in [6.45, 7) is 3.23. The molecule has 1 heterocycles. The molecule has 1 N–H and O–H groups in total. The lowest BCUT2D eigenvalue weighted by Gasteiger charge is -2.56. The van der Waals surface area contributed by atoms with Crippen molar-refractivity contribution in [3.8, 4) is 0 Å². The van der Waals surface area contributed by atoms with E-state index in [-0.39, 0.29) is 30.4 Å². The predicted octanol–water partition coefficient (Wildman–Crippen LogP) is 2.51. The van der Waals surface area contributed by atoms with E-state index in [0.29, 0.717) is 12.3 Å². The number of hydrogen-bond acceptors (Lipinski definition) is 4. The van der Waals surface area contributed by atoms with Gasteiger partial charge in [0.15, 0.2) is 6.61 Å². The van der Waals surface area contributed by atoms with Gasteiger partial charge in [-0.3, -0.25) is 14.4 Å². The highest BCUT2D eigenvalue weighted by Gasteiger charge is 2.51. The Morgan fingerprint density at radius 1 is 1.07 bits per heavy atom. The Kier molecular flexibility index (Phi) is 5.66. The number of nitrogens with zero attached hydrogens (tertiary/aromatic N) is 1. The maximum absolute atomic E-state index is 12.5. The van der Waals surface area contributed by atoms with Crippen molar-refractivity contribution < 1.29 is 19.1 Å². The Morgan fingerprint density at radius 3 is 2.32 bits per heavy atom. The van der Waals surface area contributed by atoms with Gasteiger partial charge in [-0.05, 0) is 80.5 Å². The van der Waals surface area contributed by atoms with E-state index in [9.17, 15) is 14.4 Å². The van der Waals surface area contributed by atoms with Crippen molar-refractivity contribution in [3.63, 3.8) is 0 Å². The molecule has 5 rings (SSSR count). The first-order chi connectivity index (χ1) is 13.4. The van der Waals surface area contributed by atoms with Gasteiger partial charge in [0.2, 0.25) is 5.91 Å². The van der Waals surface area contributed by atoms with Crippen LogP contribution in [0, 0.1) is 29.1 Å². The number of rotatable bonds is 6. The zero-order valence-electron chi connectivity index (χ0n) is 17.1. The van der Waals surface area contributed by atoms with Crippen LogP contribution in [0.5, 0.6) is 0 Å². The molecular weight excluding hydrogens is 356 g/mol. The van der Waals surface area contributed by atoms with Gasteiger partial charge in [-0.2, -0.15) is 0 Å². The number of nitrogens with one attached hydrogen (secondary N) is 1. The van der Waals surface area contributed by atoms with E-state index in [1.165, 1.54) is 38.5 Å². The minimum absolute atomic E-state index is 0.0462. The van der Waals surface area contributed by atoms with Crippen molar-refractivity contribution in [1.82, 2.24) is 10.2 Å². The largest absolute Gasteiger partial charge is 0.454 e. The van der Waals surface area contributed by atoms with Crippen LogP contribution in [0.1, 0.15) is 64.7 Å². The Morgan fingerprint density at radius 2 is 1.71 bits per heavy atom. The molecule has 2 amide bonds. The number of piperidine rings is 1. The summed E-state index contributed by atoms with van der Waals surface area (Å²) < 4.78 is 5.09. The Labute approximate surface area is 167 Å². The maximum atomic E-state index is 12.5. The zero-order chi connectivity index (χ0) is 19.7. The molecule has 1 atom stereocenters. The van der Waals surface area contributed by atoms with Crippen LogP contribution >= 0.6 is 0 Å². The van der Waals surface area contributed by atoms with Gasteiger partial charge in [-0.15, -0.1) is 0 Å². The van der Waals surface area contributed by atoms with Crippen molar-refractivity contribution in [3.05, 3.63) is 0 Å². The van der Waals surface area contributed by atoms with Crippen molar-refractivity contribution in [2.75, 3.05) is 26.2 Å². The fraction of sp³-hybridized carbons (Fsp3) is 0.864. The van der Waals surface area contributed by atoms with Crippen molar-refractivity contribution in [2.24, 2.45) is 29.1 Å². The first-order valence-electron chi connectivity index (χ1n) is 11.1. The summed E-state index contributed by atoms with van der Waals surface area (Å²) in [6, 6.07) is 0. The van der Waals surface area contributed by atoms with Crippen LogP contribution in [-0.4, -0.2) is 48.9 Å². The molecule has 156 valence electrons. The molecule has 6 nitrogen and oxygen atoms in total. The van der Waals surface area contributed by atoms with Crippen LogP contribution in [0.2, 0.25) is 0 Å². The SMILES string of the molecule is C[C@H]1CCCN(C(=O)COC(=O)CNC(=O)CC23CC4CC(CC(C4)C2)C3)C1. The molecule has 0 unspecified atom stereocenters. The lowest BCUT2D eigenvalue weighted by molar-refractivity contribution is -0.152. The van der Waals surface area contributed by atoms with Crippen molar-refractivity contribution in [2.45, 2.75) is 64.7 Å². The number of carbonyl (C=O) groups is 3. The Bertz CT molecular complexity index is 597. The van der Waals surface area contributed by atoms with Crippen LogP contribution in [0.3, 0.4) is 0 Å². The summed E-state index contributed by atoms with van der Waals surface area (Å²) in [7, 11) is 0. The van der Waals surface area contributed by atoms with Gasteiger partial charge in [0, 0.05) is 19.5 Å². The third-order valence-electron chi connectivity index (χ3n) is 7.50. The molecule has 0 aromatic heterocycles. The lowest BCUT2D eigenvalue weighted by Crippen LogP contribution is -2.48. The van der Waals surface area contributed by atoms with E-state index in [2.05, 4.69) is 12.2 Å². The number of carbonyl (C=O) groups excluding carboxylic acids is 3. The molecule has 4 saturated carbocycles. The molecule has 0 aromatic carbocycles. The zero-order valence-corrected chi connectivity index (χ0v) is 17.1. The highest BCUT2D eigenvalue weighted by molar-refractivity contribution is 5.84. The fourth-order valence-electron chi connectivity index (χ4n) is 6.78. The van der Waals surface area contributed by atoms with E-state index in [1.54, 1.807) is 4.90 Å². The van der Waals surface area contributed by atoms with E-state index in [1.807, 2.05) is 0 Å². The normalized spacial score (nSPS) is 36.2. The number of hydrogen-bond donors (Lipinski definition) is 1. The fourth-order valence-corrected chi connectivity index (χ4v) is 6.78. The molecule has 6 heteroatoms. The monoisotopic (exact) mass is 390 g/mol.